The number of aromatic nitrogens is 1. The summed E-state index contributed by atoms with van der Waals surface area (Å²) < 4.78 is 16.2. The van der Waals surface area contributed by atoms with Crippen molar-refractivity contribution in [2.24, 2.45) is 0 Å². The quantitative estimate of drug-likeness (QED) is 0.926. The molecule has 6 heteroatoms. The van der Waals surface area contributed by atoms with Gasteiger partial charge in [0.05, 0.1) is 0 Å². The third kappa shape index (κ3) is 4.41. The van der Waals surface area contributed by atoms with Crippen LogP contribution in [0.5, 0.6) is 0 Å². The molecule has 6 nitrogen and oxygen atoms in total. The maximum absolute atomic E-state index is 11.7. The highest BCUT2D eigenvalue weighted by Crippen LogP contribution is 2.31. The molecule has 1 aliphatic heterocycles. The van der Waals surface area contributed by atoms with Gasteiger partial charge in [-0.1, -0.05) is 6.92 Å². The number of rotatable bonds is 3. The van der Waals surface area contributed by atoms with E-state index < -0.39 is 11.7 Å². The highest BCUT2D eigenvalue weighted by atomic mass is 16.9. The Kier molecular flexibility index (Phi) is 4.49. The number of nitrogens with zero attached hydrogens (tertiary/aromatic N) is 1. The Morgan fingerprint density at radius 1 is 1.43 bits per heavy atom. The molecule has 2 heterocycles. The van der Waals surface area contributed by atoms with E-state index in [-0.39, 0.29) is 18.5 Å². The van der Waals surface area contributed by atoms with Crippen LogP contribution in [0.1, 0.15) is 46.1 Å². The van der Waals surface area contributed by atoms with Gasteiger partial charge in [0.2, 0.25) is 0 Å². The summed E-state index contributed by atoms with van der Waals surface area (Å²) in [6.07, 6.45) is 0.709. The van der Waals surface area contributed by atoms with E-state index in [4.69, 9.17) is 14.2 Å². The lowest BCUT2D eigenvalue weighted by atomic mass is 10.0. The van der Waals surface area contributed by atoms with E-state index >= 15 is 0 Å². The van der Waals surface area contributed by atoms with Crippen LogP contribution in [-0.2, 0) is 14.2 Å². The minimum Gasteiger partial charge on any atom is -0.444 e. The van der Waals surface area contributed by atoms with Crippen molar-refractivity contribution in [3.63, 3.8) is 0 Å². The van der Waals surface area contributed by atoms with E-state index in [0.717, 1.165) is 5.56 Å². The topological polar surface area (TPSA) is 69.7 Å². The van der Waals surface area contributed by atoms with Crippen molar-refractivity contribution in [2.75, 3.05) is 5.32 Å². The third-order valence-electron chi connectivity index (χ3n) is 3.00. The zero-order valence-corrected chi connectivity index (χ0v) is 13.0. The fraction of sp³-hybridized carbons (Fsp3) is 0.600. The fourth-order valence-corrected chi connectivity index (χ4v) is 1.99. The van der Waals surface area contributed by atoms with Crippen LogP contribution in [0.15, 0.2) is 18.3 Å². The summed E-state index contributed by atoms with van der Waals surface area (Å²) >= 11 is 0. The number of hydrogen-bond acceptors (Lipinski definition) is 5. The number of carbonyl (C=O) groups excluding carboxylic acids is 1. The van der Waals surface area contributed by atoms with Gasteiger partial charge < -0.3 is 14.2 Å². The minimum atomic E-state index is -0.543. The van der Waals surface area contributed by atoms with Crippen molar-refractivity contribution < 1.29 is 19.0 Å². The summed E-state index contributed by atoms with van der Waals surface area (Å²) in [5, 5.41) is 2.62. The highest BCUT2D eigenvalue weighted by molar-refractivity contribution is 5.83. The monoisotopic (exact) mass is 294 g/mol. The second-order valence-corrected chi connectivity index (χ2v) is 6.10. The lowest BCUT2D eigenvalue weighted by Gasteiger charge is -2.37. The molecule has 21 heavy (non-hydrogen) atoms. The van der Waals surface area contributed by atoms with Gasteiger partial charge in [-0.05, 0) is 45.4 Å². The highest BCUT2D eigenvalue weighted by Gasteiger charge is 2.33. The molecule has 2 rings (SSSR count). The molecule has 0 spiro atoms. The van der Waals surface area contributed by atoms with Gasteiger partial charge in [0.25, 0.3) is 0 Å². The molecule has 0 bridgehead atoms. The summed E-state index contributed by atoms with van der Waals surface area (Å²) in [7, 11) is 0. The summed E-state index contributed by atoms with van der Waals surface area (Å²) in [5.74, 6) is 0.504. The standard InChI is InChI=1S/C15H22N2O4/c1-9(13-19-10(2)20-13)11-6-7-16-12(8-11)17-14(18)21-15(3,4)5/h6-10,13H,1-5H3,(H,16,17,18). The molecule has 1 saturated heterocycles. The van der Waals surface area contributed by atoms with Gasteiger partial charge in [-0.2, -0.15) is 0 Å². The van der Waals surface area contributed by atoms with Crippen LogP contribution >= 0.6 is 0 Å². The molecule has 1 aromatic heterocycles. The minimum absolute atomic E-state index is 0.0587. The van der Waals surface area contributed by atoms with Gasteiger partial charge >= 0.3 is 6.09 Å². The third-order valence-corrected chi connectivity index (χ3v) is 3.00. The number of ether oxygens (including phenoxy) is 3. The van der Waals surface area contributed by atoms with E-state index in [1.54, 1.807) is 12.3 Å². The van der Waals surface area contributed by atoms with Crippen LogP contribution in [0, 0.1) is 0 Å². The Hall–Kier alpha value is -1.66. The van der Waals surface area contributed by atoms with Gasteiger partial charge in [-0.15, -0.1) is 0 Å². The van der Waals surface area contributed by atoms with Crippen LogP contribution in [0.3, 0.4) is 0 Å². The Labute approximate surface area is 124 Å². The Balaban J connectivity index is 1.99. The Morgan fingerprint density at radius 2 is 2.10 bits per heavy atom. The van der Waals surface area contributed by atoms with Crippen LogP contribution < -0.4 is 5.32 Å². The number of carbonyl (C=O) groups is 1. The predicted octanol–water partition coefficient (Wildman–Crippen LogP) is 3.25. The summed E-state index contributed by atoms with van der Waals surface area (Å²) in [6.45, 7) is 9.29. The van der Waals surface area contributed by atoms with Crippen molar-refractivity contribution in [1.29, 1.82) is 0 Å². The normalized spacial score (nSPS) is 23.1. The lowest BCUT2D eigenvalue weighted by molar-refractivity contribution is -0.381. The molecule has 0 radical (unpaired) electrons. The van der Waals surface area contributed by atoms with Gasteiger partial charge in [-0.3, -0.25) is 5.32 Å². The lowest BCUT2D eigenvalue weighted by Crippen LogP contribution is -2.42. The van der Waals surface area contributed by atoms with E-state index in [0.29, 0.717) is 5.82 Å². The Bertz CT molecular complexity index is 507. The molecule has 1 unspecified atom stereocenters. The maximum Gasteiger partial charge on any atom is 0.413 e. The number of amides is 1. The molecule has 0 saturated carbocycles. The molecule has 1 amide bonds. The first-order valence-electron chi connectivity index (χ1n) is 7.01. The molecule has 1 fully saturated rings. The molecular formula is C15H22N2O4. The van der Waals surface area contributed by atoms with Gasteiger partial charge in [-0.25, -0.2) is 9.78 Å². The number of anilines is 1. The predicted molar refractivity (Wildman–Crippen MR) is 77.9 cm³/mol. The van der Waals surface area contributed by atoms with Crippen molar-refractivity contribution in [1.82, 2.24) is 4.98 Å². The average molecular weight is 294 g/mol. The Morgan fingerprint density at radius 3 is 2.67 bits per heavy atom. The summed E-state index contributed by atoms with van der Waals surface area (Å²) in [5.41, 5.74) is 0.437. The molecule has 1 N–H and O–H groups in total. The van der Waals surface area contributed by atoms with E-state index in [1.807, 2.05) is 40.7 Å². The number of pyridine rings is 1. The molecule has 1 aliphatic rings. The van der Waals surface area contributed by atoms with Crippen molar-refractivity contribution in [3.05, 3.63) is 23.9 Å². The van der Waals surface area contributed by atoms with Crippen LogP contribution in [0.2, 0.25) is 0 Å². The number of hydrogen-bond donors (Lipinski definition) is 1. The van der Waals surface area contributed by atoms with E-state index in [9.17, 15) is 4.79 Å². The van der Waals surface area contributed by atoms with Gasteiger partial charge in [0, 0.05) is 12.1 Å². The van der Waals surface area contributed by atoms with E-state index in [2.05, 4.69) is 10.3 Å². The zero-order chi connectivity index (χ0) is 15.6. The SMILES string of the molecule is CC1OC(C(C)c2ccnc(NC(=O)OC(C)(C)C)c2)O1. The first-order chi connectivity index (χ1) is 9.74. The number of nitrogens with one attached hydrogen (secondary N) is 1. The smallest absolute Gasteiger partial charge is 0.413 e. The summed E-state index contributed by atoms with van der Waals surface area (Å²) in [4.78, 5) is 15.8. The maximum atomic E-state index is 11.7. The van der Waals surface area contributed by atoms with E-state index in [1.165, 1.54) is 0 Å². The largest absolute Gasteiger partial charge is 0.444 e. The molecule has 1 aromatic rings. The molecular weight excluding hydrogens is 272 g/mol. The zero-order valence-electron chi connectivity index (χ0n) is 13.0. The summed E-state index contributed by atoms with van der Waals surface area (Å²) in [6, 6.07) is 3.67. The molecule has 116 valence electrons. The second kappa shape index (κ2) is 5.99. The van der Waals surface area contributed by atoms with Gasteiger partial charge in [0.1, 0.15) is 11.4 Å². The molecule has 0 aromatic carbocycles. The first kappa shape index (κ1) is 15.7. The molecule has 0 aliphatic carbocycles. The second-order valence-electron chi connectivity index (χ2n) is 6.10. The van der Waals surface area contributed by atoms with Crippen molar-refractivity contribution >= 4 is 11.9 Å². The van der Waals surface area contributed by atoms with Gasteiger partial charge in [0.15, 0.2) is 12.6 Å². The van der Waals surface area contributed by atoms with Crippen LogP contribution in [0.4, 0.5) is 10.6 Å². The average Bonchev–Trinajstić information content (AvgIpc) is 2.32. The van der Waals surface area contributed by atoms with Crippen LogP contribution in [0.25, 0.3) is 0 Å². The van der Waals surface area contributed by atoms with Crippen molar-refractivity contribution in [2.45, 2.75) is 58.7 Å². The first-order valence-corrected chi connectivity index (χ1v) is 7.01. The van der Waals surface area contributed by atoms with Crippen LogP contribution in [-0.4, -0.2) is 29.3 Å². The fourth-order valence-electron chi connectivity index (χ4n) is 1.99. The molecule has 1 atom stereocenters. The van der Waals surface area contributed by atoms with Crippen molar-refractivity contribution in [3.8, 4) is 0 Å².